The number of hydrogen-bond donors (Lipinski definition) is 20. The number of rotatable bonds is 37. The number of thiol groups is 1. The van der Waals surface area contributed by atoms with Crippen molar-refractivity contribution in [3.63, 3.8) is 0 Å². The molecule has 12 atom stereocenters. The number of amides is 10. The molecule has 0 aliphatic rings. The Hall–Kier alpha value is -8.50. The maximum Gasteiger partial charge on any atom is 0.328 e. The molecule has 10 amide bonds. The summed E-state index contributed by atoms with van der Waals surface area (Å²) in [5.41, 5.74) is 11.7. The maximum absolute atomic E-state index is 14.5. The summed E-state index contributed by atoms with van der Waals surface area (Å²) in [6.45, 7) is -0.0384. The molecule has 21 N–H and O–H groups in total. The van der Waals surface area contributed by atoms with Crippen LogP contribution in [-0.4, -0.2) is 209 Å². The van der Waals surface area contributed by atoms with Crippen molar-refractivity contribution in [2.24, 2.45) is 11.5 Å². The second kappa shape index (κ2) is 35.4. The van der Waals surface area contributed by atoms with Crippen LogP contribution in [0.5, 0.6) is 5.75 Å². The van der Waals surface area contributed by atoms with E-state index < -0.39 is 214 Å². The van der Waals surface area contributed by atoms with Gasteiger partial charge in [0.1, 0.15) is 66.2 Å². The molecule has 0 aliphatic carbocycles. The van der Waals surface area contributed by atoms with Gasteiger partial charge in [-0.1, -0.05) is 42.5 Å². The van der Waals surface area contributed by atoms with E-state index in [2.05, 4.69) is 55.2 Å². The van der Waals surface area contributed by atoms with Crippen LogP contribution in [0.25, 0.3) is 0 Å². The van der Waals surface area contributed by atoms with Crippen LogP contribution in [0.1, 0.15) is 63.5 Å². The molecular weight excluding hydrogens is 1120 g/mol. The molecule has 2 aromatic carbocycles. The number of carbonyl (C=O) groups excluding carboxylic acids is 10. The Morgan fingerprint density at radius 2 is 0.819 bits per heavy atom. The number of carbonyl (C=O) groups is 13. The number of phenols is 1. The second-order valence-electron chi connectivity index (χ2n) is 18.8. The van der Waals surface area contributed by atoms with Crippen molar-refractivity contribution in [1.29, 1.82) is 0 Å². The van der Waals surface area contributed by atoms with E-state index in [-0.39, 0.29) is 17.7 Å². The molecule has 0 unspecified atom stereocenters. The fraction of sp³-hybridized carbons (Fsp3) is 0.500. The van der Waals surface area contributed by atoms with Crippen LogP contribution in [0.15, 0.2) is 54.6 Å². The predicted molar refractivity (Wildman–Crippen MR) is 288 cm³/mol. The van der Waals surface area contributed by atoms with Gasteiger partial charge in [-0.3, -0.25) is 57.5 Å². The van der Waals surface area contributed by atoms with Gasteiger partial charge in [0.05, 0.1) is 25.4 Å². The summed E-state index contributed by atoms with van der Waals surface area (Å²) < 4.78 is 0. The number of primary amides is 1. The third-order valence-corrected chi connectivity index (χ3v) is 12.5. The van der Waals surface area contributed by atoms with Crippen LogP contribution in [0, 0.1) is 0 Å². The zero-order valence-electron chi connectivity index (χ0n) is 44.9. The average molecular weight is 1190 g/mol. The van der Waals surface area contributed by atoms with Gasteiger partial charge in [-0.2, -0.15) is 12.6 Å². The first-order chi connectivity index (χ1) is 39.0. The molecule has 0 saturated heterocycles. The first-order valence-electron chi connectivity index (χ1n) is 25.5. The van der Waals surface area contributed by atoms with Crippen molar-refractivity contribution >= 4 is 89.6 Å². The Balaban J connectivity index is 2.56. The largest absolute Gasteiger partial charge is 0.508 e. The molecule has 32 nitrogen and oxygen atoms in total. The van der Waals surface area contributed by atoms with E-state index in [1.807, 2.05) is 5.32 Å². The zero-order chi connectivity index (χ0) is 62.7. The van der Waals surface area contributed by atoms with Gasteiger partial charge in [-0.25, -0.2) is 4.79 Å². The monoisotopic (exact) mass is 1190 g/mol. The number of aromatic hydroxyl groups is 1. The summed E-state index contributed by atoms with van der Waals surface area (Å²) in [7, 11) is 0. The summed E-state index contributed by atoms with van der Waals surface area (Å²) in [5.74, 6) is -16.9. The van der Waals surface area contributed by atoms with Crippen LogP contribution < -0.4 is 59.3 Å². The third kappa shape index (κ3) is 25.0. The number of nitrogens with one attached hydrogen (secondary N) is 9. The number of aliphatic hydroxyl groups excluding tert-OH is 4. The third-order valence-electron chi connectivity index (χ3n) is 12.1. The highest BCUT2D eigenvalue weighted by molar-refractivity contribution is 7.80. The summed E-state index contributed by atoms with van der Waals surface area (Å²) in [5, 5.41) is 98.0. The molecule has 0 bridgehead atoms. The summed E-state index contributed by atoms with van der Waals surface area (Å²) in [6.07, 6.45) is -7.84. The van der Waals surface area contributed by atoms with Crippen molar-refractivity contribution < 1.29 is 103 Å². The van der Waals surface area contributed by atoms with E-state index in [0.717, 1.165) is 6.92 Å². The lowest BCUT2D eigenvalue weighted by Crippen LogP contribution is -2.62. The second-order valence-corrected chi connectivity index (χ2v) is 19.2. The van der Waals surface area contributed by atoms with Gasteiger partial charge in [0.25, 0.3) is 0 Å². The lowest BCUT2D eigenvalue weighted by molar-refractivity contribution is -0.143. The highest BCUT2D eigenvalue weighted by atomic mass is 32.1. The van der Waals surface area contributed by atoms with E-state index in [1.165, 1.54) is 31.2 Å². The molecule has 33 heteroatoms. The minimum atomic E-state index is -1.99. The van der Waals surface area contributed by atoms with Gasteiger partial charge >= 0.3 is 17.9 Å². The van der Waals surface area contributed by atoms with Gasteiger partial charge < -0.3 is 100 Å². The predicted octanol–water partition coefficient (Wildman–Crippen LogP) is -7.38. The van der Waals surface area contributed by atoms with Gasteiger partial charge in [-0.15, -0.1) is 0 Å². The lowest BCUT2D eigenvalue weighted by atomic mass is 10.0. The van der Waals surface area contributed by atoms with Crippen molar-refractivity contribution in [1.82, 2.24) is 47.9 Å². The van der Waals surface area contributed by atoms with Crippen LogP contribution in [-0.2, 0) is 75.2 Å². The Kier molecular flexibility index (Phi) is 30.1. The van der Waals surface area contributed by atoms with E-state index in [1.54, 1.807) is 30.3 Å². The van der Waals surface area contributed by atoms with Crippen molar-refractivity contribution in [3.8, 4) is 5.75 Å². The fourth-order valence-electron chi connectivity index (χ4n) is 7.38. The average Bonchev–Trinajstić information content (AvgIpc) is 3.46. The Labute approximate surface area is 479 Å². The molecule has 0 radical (unpaired) electrons. The van der Waals surface area contributed by atoms with Crippen LogP contribution in [0.2, 0.25) is 0 Å². The molecule has 2 rings (SSSR count). The van der Waals surface area contributed by atoms with Crippen LogP contribution in [0.3, 0.4) is 0 Å². The van der Waals surface area contributed by atoms with E-state index in [0.29, 0.717) is 5.56 Å². The van der Waals surface area contributed by atoms with Crippen molar-refractivity contribution in [3.05, 3.63) is 65.7 Å². The Bertz CT molecular complexity index is 2600. The first kappa shape index (κ1) is 70.6. The minimum absolute atomic E-state index is 0.210. The van der Waals surface area contributed by atoms with Gasteiger partial charge in [0.15, 0.2) is 0 Å². The normalized spacial score (nSPS) is 15.3. The summed E-state index contributed by atoms with van der Waals surface area (Å²) in [4.78, 5) is 170. The maximum atomic E-state index is 14.5. The number of benzene rings is 2. The molecule has 458 valence electrons. The molecule has 0 saturated carbocycles. The van der Waals surface area contributed by atoms with E-state index >= 15 is 0 Å². The lowest BCUT2D eigenvalue weighted by Gasteiger charge is -2.28. The molecule has 0 aliphatic heterocycles. The molecule has 0 heterocycles. The number of carboxylic acid groups (broad SMARTS) is 3. The molecular formula is C50H71N11O21S. The van der Waals surface area contributed by atoms with Crippen molar-refractivity contribution in [2.45, 2.75) is 138 Å². The highest BCUT2D eigenvalue weighted by Crippen LogP contribution is 2.14. The first-order valence-corrected chi connectivity index (χ1v) is 26.1. The van der Waals surface area contributed by atoms with Crippen LogP contribution >= 0.6 is 12.6 Å². The number of phenolic OH excluding ortho intramolecular Hbond substituents is 1. The number of carboxylic acids is 3. The SMILES string of the molecule is C[C@@H](O)[C@H](N)C(=O)N[C@@H](CCC(=O)O)C(=O)N[C@@H](CCC(=O)O)C(=O)N[C@@H](Cc1ccccc1)C(=O)N[C@@H](Cc1ccc(O)cc1)C(=O)N[C@@H](CCC(N)=O)C(=O)N[C@@H](CO)C(=O)N[C@H](C(=O)N[C@@H](CS)C(=O)N[C@@H](CO)C(=O)O)[C@@H](C)O. The topological polar surface area (TPSA) is 544 Å². The number of aliphatic carboxylic acids is 3. The summed E-state index contributed by atoms with van der Waals surface area (Å²) >= 11 is 3.96. The van der Waals surface area contributed by atoms with Gasteiger partial charge in [-0.05, 0) is 56.4 Å². The Morgan fingerprint density at radius 1 is 0.458 bits per heavy atom. The molecule has 0 aromatic heterocycles. The number of hydrogen-bond acceptors (Lipinski definition) is 20. The van der Waals surface area contributed by atoms with Crippen LogP contribution in [0.4, 0.5) is 0 Å². The number of nitrogens with two attached hydrogens (primary N) is 2. The molecule has 2 aromatic rings. The molecule has 0 spiro atoms. The highest BCUT2D eigenvalue weighted by Gasteiger charge is 2.37. The molecule has 0 fully saturated rings. The fourth-order valence-corrected chi connectivity index (χ4v) is 7.64. The number of aliphatic hydroxyl groups is 4. The minimum Gasteiger partial charge on any atom is -0.508 e. The summed E-state index contributed by atoms with van der Waals surface area (Å²) in [6, 6.07) is -4.63. The van der Waals surface area contributed by atoms with Gasteiger partial charge in [0, 0.05) is 37.9 Å². The smallest absolute Gasteiger partial charge is 0.328 e. The molecule has 83 heavy (non-hydrogen) atoms. The zero-order valence-corrected chi connectivity index (χ0v) is 45.8. The Morgan fingerprint density at radius 3 is 1.22 bits per heavy atom. The van der Waals surface area contributed by atoms with E-state index in [9.17, 15) is 103 Å². The standard InChI is InChI=1S/C50H71N11O21S/c1-23(64)39(52)48(79)55-30(14-17-38(70)71)41(72)53-29(13-16-37(68)69)42(73)56-31(18-25-6-4-3-5-7-25)45(76)57-32(19-26-8-10-27(66)11-9-26)44(75)54-28(12-15-36(51)67)43(74)58-33(20-62)46(77)61-40(24(2)65)49(80)60-35(22-83)47(78)59-34(21-63)50(81)82/h3-11,23-24,28-35,39-40,62-66,83H,12-22,52H2,1-2H3,(H2,51,67)(H,53,72)(H,54,75)(H,55,79)(H,56,73)(H,57,76)(H,58,74)(H,59,78)(H,60,80)(H,61,77)(H,68,69)(H,70,71)(H,81,82)/t23-,24-,28+,29+,30+,31+,32+,33+,34+,35+,39+,40+/m1/s1. The van der Waals surface area contributed by atoms with Crippen molar-refractivity contribution in [2.75, 3.05) is 19.0 Å². The van der Waals surface area contributed by atoms with E-state index in [4.69, 9.17) is 11.5 Å². The quantitative estimate of drug-likeness (QED) is 0.0280. The van der Waals surface area contributed by atoms with Gasteiger partial charge in [0.2, 0.25) is 59.1 Å².